The van der Waals surface area contributed by atoms with E-state index in [1.54, 1.807) is 15.7 Å². The van der Waals surface area contributed by atoms with Gasteiger partial charge in [0.1, 0.15) is 33.6 Å². The fourth-order valence-corrected chi connectivity index (χ4v) is 2.78. The number of nitrogens with one attached hydrogen (secondary N) is 2. The van der Waals surface area contributed by atoms with Crippen molar-refractivity contribution in [3.05, 3.63) is 11.7 Å². The second kappa shape index (κ2) is 8.17. The van der Waals surface area contributed by atoms with Crippen molar-refractivity contribution in [1.29, 1.82) is 0 Å². The van der Waals surface area contributed by atoms with Crippen molar-refractivity contribution in [2.75, 3.05) is 10.6 Å². The second-order valence-electron chi connectivity index (χ2n) is 8.37. The van der Waals surface area contributed by atoms with Crippen LogP contribution in [0.4, 0.5) is 42.6 Å². The molecule has 31 heavy (non-hydrogen) atoms. The summed E-state index contributed by atoms with van der Waals surface area (Å²) in [5, 5.41) is 13.6. The largest absolute Gasteiger partial charge is 0.408 e. The lowest BCUT2D eigenvalue weighted by Gasteiger charge is -2.44. The van der Waals surface area contributed by atoms with Gasteiger partial charge in [-0.1, -0.05) is 11.6 Å². The normalized spacial score (nSPS) is 23.9. The van der Waals surface area contributed by atoms with E-state index in [2.05, 4.69) is 15.0 Å². The van der Waals surface area contributed by atoms with E-state index < -0.39 is 58.7 Å². The van der Waals surface area contributed by atoms with Gasteiger partial charge in [-0.15, -0.1) is 0 Å². The molecule has 1 heterocycles. The summed E-state index contributed by atoms with van der Waals surface area (Å²) in [6, 6.07) is -4.27. The minimum absolute atomic E-state index is 0.0154. The molecule has 0 aliphatic heterocycles. The minimum atomic E-state index is -4.69. The first-order chi connectivity index (χ1) is 13.9. The molecule has 0 bridgehead atoms. The molecule has 1 aliphatic rings. The Morgan fingerprint density at radius 2 is 1.32 bits per heavy atom. The number of aromatic nitrogens is 3. The molecule has 0 radical (unpaired) electrons. The molecule has 1 unspecified atom stereocenters. The van der Waals surface area contributed by atoms with Gasteiger partial charge in [0.2, 0.25) is 11.9 Å². The monoisotopic (exact) mass is 453 g/mol. The lowest BCUT2D eigenvalue weighted by molar-refractivity contribution is -0.139. The Kier molecular flexibility index (Phi) is 6.66. The zero-order valence-electron chi connectivity index (χ0n) is 17.5. The quantitative estimate of drug-likeness (QED) is 0.452. The Hall–Kier alpha value is -1.99. The zero-order valence-corrected chi connectivity index (χ0v) is 17.5. The lowest BCUT2D eigenvalue weighted by Crippen LogP contribution is -2.48. The maximum absolute atomic E-state index is 15.1. The maximum atomic E-state index is 15.1. The average Bonchev–Trinajstić information content (AvgIpc) is 2.58. The summed E-state index contributed by atoms with van der Waals surface area (Å²) in [6.07, 6.45) is -9.09. The molecule has 0 spiro atoms. The molecule has 1 aromatic heterocycles. The molecule has 0 fully saturated rings. The molecular weight excluding hydrogens is 432 g/mol. The third kappa shape index (κ3) is 5.44. The van der Waals surface area contributed by atoms with E-state index in [0.29, 0.717) is 0 Å². The van der Waals surface area contributed by atoms with E-state index in [1.807, 2.05) is 10.6 Å². The number of hydrogen-bond donors (Lipinski definition) is 3. The van der Waals surface area contributed by atoms with Gasteiger partial charge in [-0.05, 0) is 20.3 Å². The summed E-state index contributed by atoms with van der Waals surface area (Å²) >= 11 is 0. The number of nitrogens with zero attached hydrogens (tertiary/aromatic N) is 3. The van der Waals surface area contributed by atoms with Crippen molar-refractivity contribution in [2.24, 2.45) is 0 Å². The van der Waals surface area contributed by atoms with Gasteiger partial charge in [-0.25, -0.2) is 4.39 Å². The third-order valence-corrected chi connectivity index (χ3v) is 5.59. The number of anilines is 2. The highest BCUT2D eigenvalue weighted by atomic mass is 19.4. The van der Waals surface area contributed by atoms with Crippen LogP contribution in [0.1, 0.15) is 32.5 Å². The highest BCUT2D eigenvalue weighted by Crippen LogP contribution is 2.49. The van der Waals surface area contributed by atoms with E-state index >= 15 is 4.39 Å². The van der Waals surface area contributed by atoms with Gasteiger partial charge >= 0.3 is 12.4 Å². The van der Waals surface area contributed by atoms with Gasteiger partial charge in [0.05, 0.1) is 5.50 Å². The average molecular weight is 453 g/mol. The van der Waals surface area contributed by atoms with Crippen LogP contribution in [0, 0.1) is 0 Å². The molecule has 0 saturated carbocycles. The number of alkyl halides is 6. The van der Waals surface area contributed by atoms with Crippen LogP contribution >= 0.6 is 0 Å². The lowest BCUT2D eigenvalue weighted by atomic mass is 9.37. The molecule has 0 saturated heterocycles. The van der Waals surface area contributed by atoms with Gasteiger partial charge in [0.15, 0.2) is 13.7 Å². The Morgan fingerprint density at radius 1 is 0.903 bits per heavy atom. The smallest absolute Gasteiger partial charge is 0.393 e. The van der Waals surface area contributed by atoms with Crippen molar-refractivity contribution >= 4 is 41.0 Å². The van der Waals surface area contributed by atoms with Gasteiger partial charge in [-0.2, -0.15) is 41.3 Å². The Labute approximate surface area is 176 Å². The van der Waals surface area contributed by atoms with Crippen molar-refractivity contribution in [2.45, 2.75) is 61.8 Å². The highest BCUT2D eigenvalue weighted by molar-refractivity contribution is 6.45. The van der Waals surface area contributed by atoms with Crippen LogP contribution in [-0.2, 0) is 0 Å². The number of hydrogen-bond acceptors (Lipinski definition) is 6. The standard InChI is InChI=1S/C15H21B3F7N5O/c1-5(14(20,21)22)26-10-28-9(29-11(30-10)27-6(2)15(23,24)25)7-3-4-12(16,17)13(18,31)8(7)19/h5-6,31H,3-4,16-18H2,1-2H3,(H2,26,27,28,29,30)/t5-,6-,13?/m1/s1. The number of rotatable bonds is 5. The van der Waals surface area contributed by atoms with Crippen LogP contribution in [-0.4, -0.2) is 73.5 Å². The predicted octanol–water partition coefficient (Wildman–Crippen LogP) is 0.775. The first-order valence-corrected chi connectivity index (χ1v) is 9.40. The highest BCUT2D eigenvalue weighted by Gasteiger charge is 2.47. The van der Waals surface area contributed by atoms with E-state index in [9.17, 15) is 31.4 Å². The van der Waals surface area contributed by atoms with Crippen LogP contribution in [0.5, 0.6) is 0 Å². The third-order valence-electron chi connectivity index (χ3n) is 5.59. The van der Waals surface area contributed by atoms with Crippen molar-refractivity contribution in [1.82, 2.24) is 15.0 Å². The minimum Gasteiger partial charge on any atom is -0.393 e. The summed E-state index contributed by atoms with van der Waals surface area (Å²) in [6.45, 7) is 1.53. The van der Waals surface area contributed by atoms with E-state index in [-0.39, 0.29) is 18.4 Å². The summed E-state index contributed by atoms with van der Waals surface area (Å²) in [4.78, 5) is 11.1. The predicted molar refractivity (Wildman–Crippen MR) is 109 cm³/mol. The SMILES string of the molecule is BC1(B)CCC(c2nc(N[C@H](C)C(F)(F)F)nc(N[C@H](C)C(F)(F)F)n2)=C(F)C1(B)O. The van der Waals surface area contributed by atoms with Crippen LogP contribution in [0.3, 0.4) is 0 Å². The first-order valence-electron chi connectivity index (χ1n) is 9.40. The molecule has 1 aliphatic carbocycles. The van der Waals surface area contributed by atoms with E-state index in [4.69, 9.17) is 0 Å². The Balaban J connectivity index is 2.56. The van der Waals surface area contributed by atoms with Gasteiger partial charge in [0, 0.05) is 5.57 Å². The van der Waals surface area contributed by atoms with Crippen molar-refractivity contribution in [3.8, 4) is 0 Å². The molecule has 3 atom stereocenters. The van der Waals surface area contributed by atoms with Gasteiger partial charge < -0.3 is 15.7 Å². The van der Waals surface area contributed by atoms with Crippen LogP contribution in [0.2, 0.25) is 5.21 Å². The molecule has 16 heteroatoms. The van der Waals surface area contributed by atoms with E-state index in [1.165, 1.54) is 7.85 Å². The molecule has 0 aromatic carbocycles. The Morgan fingerprint density at radius 3 is 1.71 bits per heavy atom. The molecule has 1 aromatic rings. The van der Waals surface area contributed by atoms with Gasteiger partial charge in [-0.3, -0.25) is 0 Å². The Bertz CT molecular complexity index is 820. The topological polar surface area (TPSA) is 83.0 Å². The number of halogens is 7. The van der Waals surface area contributed by atoms with Crippen LogP contribution in [0.25, 0.3) is 5.57 Å². The molecular formula is C15H21B3F7N5O. The fraction of sp³-hybridized carbons (Fsp3) is 0.667. The fourth-order valence-electron chi connectivity index (χ4n) is 2.78. The van der Waals surface area contributed by atoms with Crippen molar-refractivity contribution in [3.63, 3.8) is 0 Å². The first kappa shape index (κ1) is 25.3. The molecule has 2 rings (SSSR count). The van der Waals surface area contributed by atoms with Crippen LogP contribution < -0.4 is 10.6 Å². The van der Waals surface area contributed by atoms with E-state index in [0.717, 1.165) is 13.8 Å². The van der Waals surface area contributed by atoms with Crippen molar-refractivity contribution < 1.29 is 35.8 Å². The summed E-state index contributed by atoms with van der Waals surface area (Å²) in [5.74, 6) is -2.83. The second-order valence-corrected chi connectivity index (χ2v) is 8.37. The molecule has 6 nitrogen and oxygen atoms in total. The van der Waals surface area contributed by atoms with Crippen LogP contribution in [0.15, 0.2) is 5.83 Å². The molecule has 0 amide bonds. The number of allylic oxidation sites excluding steroid dienone is 1. The molecule has 170 valence electrons. The molecule has 3 N–H and O–H groups in total. The summed E-state index contributed by atoms with van der Waals surface area (Å²) in [7, 11) is 4.50. The zero-order chi connectivity index (χ0) is 24.0. The summed E-state index contributed by atoms with van der Waals surface area (Å²) in [5.41, 5.74) is -2.15. The summed E-state index contributed by atoms with van der Waals surface area (Å²) < 4.78 is 92.5. The van der Waals surface area contributed by atoms with Gasteiger partial charge in [0.25, 0.3) is 0 Å². The maximum Gasteiger partial charge on any atom is 0.408 e. The number of aliphatic hydroxyl groups is 1.